The van der Waals surface area contributed by atoms with E-state index in [9.17, 15) is 0 Å². The third-order valence-electron chi connectivity index (χ3n) is 1.94. The summed E-state index contributed by atoms with van der Waals surface area (Å²) in [4.78, 5) is 0. The topological polar surface area (TPSA) is 14.1 Å². The van der Waals surface area contributed by atoms with Gasteiger partial charge >= 0.3 is 21.7 Å². The minimum Gasteiger partial charge on any atom is -0.662 e. The Bertz CT molecular complexity index is 60.6. The molecule has 2 heteroatoms. The molecule has 0 unspecified atom stereocenters. The van der Waals surface area contributed by atoms with Crippen LogP contribution in [0.1, 0.15) is 32.1 Å². The van der Waals surface area contributed by atoms with Gasteiger partial charge in [-0.15, -0.1) is 6.04 Å². The van der Waals surface area contributed by atoms with Gasteiger partial charge in [0, 0.05) is 0 Å². The van der Waals surface area contributed by atoms with Crippen LogP contribution in [-0.4, -0.2) is 13.1 Å². The quantitative estimate of drug-likeness (QED) is 0.445. The summed E-state index contributed by atoms with van der Waals surface area (Å²) in [5.74, 6) is 0. The molecule has 1 saturated carbocycles. The van der Waals surface area contributed by atoms with Crippen LogP contribution < -0.4 is 0 Å². The van der Waals surface area contributed by atoms with Crippen LogP contribution in [-0.2, 0) is 21.7 Å². The van der Waals surface area contributed by atoms with E-state index in [-0.39, 0.29) is 36.6 Å². The Hall–Kier alpha value is 0.674. The summed E-state index contributed by atoms with van der Waals surface area (Å²) >= 11 is 0. The Balaban J connectivity index is -0.000000213. The molecule has 0 aromatic heterocycles. The smallest absolute Gasteiger partial charge is 0.662 e. The van der Waals surface area contributed by atoms with E-state index in [1.54, 1.807) is 0 Å². The van der Waals surface area contributed by atoms with Crippen LogP contribution in [0.25, 0.3) is 5.32 Å². The molecule has 0 aromatic rings. The fourth-order valence-electron chi connectivity index (χ4n) is 1.34. The van der Waals surface area contributed by atoms with Crippen molar-refractivity contribution in [3.05, 3.63) is 20.2 Å². The van der Waals surface area contributed by atoms with Crippen molar-refractivity contribution in [3.63, 3.8) is 0 Å². The predicted octanol–water partition coefficient (Wildman–Crippen LogP) is 3.22. The Morgan fingerprint density at radius 1 is 1.00 bits per heavy atom. The van der Waals surface area contributed by atoms with Gasteiger partial charge in [0.1, 0.15) is 0 Å². The van der Waals surface area contributed by atoms with Gasteiger partial charge in [0.25, 0.3) is 0 Å². The molecular weight excluding hydrogens is 170 g/mol. The molecule has 1 nitrogen and oxygen atoms in total. The van der Waals surface area contributed by atoms with Crippen LogP contribution >= 0.6 is 0 Å². The second kappa shape index (κ2) is 10.7. The summed E-state index contributed by atoms with van der Waals surface area (Å²) in [6, 6.07) is 0.712. The Morgan fingerprint density at radius 2 is 1.45 bits per heavy atom. The Labute approximate surface area is 87.2 Å². The molecule has 1 radical (unpaired) electrons. The van der Waals surface area contributed by atoms with Crippen LogP contribution in [0.5, 0.6) is 0 Å². The third-order valence-corrected chi connectivity index (χ3v) is 1.94. The molecule has 11 heavy (non-hydrogen) atoms. The zero-order valence-electron chi connectivity index (χ0n) is 8.06. The number of hydrogen-bond donors (Lipinski definition) is 0. The molecule has 1 aliphatic carbocycles. The fourth-order valence-corrected chi connectivity index (χ4v) is 1.34. The van der Waals surface area contributed by atoms with Crippen molar-refractivity contribution in [2.24, 2.45) is 0 Å². The van der Waals surface area contributed by atoms with Crippen LogP contribution in [0.15, 0.2) is 0 Å². The van der Waals surface area contributed by atoms with Gasteiger partial charge in [0.15, 0.2) is 0 Å². The minimum atomic E-state index is 0. The molecule has 1 aliphatic rings. The second-order valence-electron chi connectivity index (χ2n) is 2.55. The van der Waals surface area contributed by atoms with E-state index in [1.165, 1.54) is 32.1 Å². The fraction of sp³-hybridized carbons (Fsp3) is 0.778. The number of nitrogens with zero attached hydrogens (tertiary/aromatic N) is 1. The van der Waals surface area contributed by atoms with E-state index in [2.05, 4.69) is 5.32 Å². The van der Waals surface area contributed by atoms with Crippen molar-refractivity contribution in [1.29, 1.82) is 0 Å². The van der Waals surface area contributed by atoms with Crippen LogP contribution in [0.3, 0.4) is 0 Å². The molecule has 0 spiro atoms. The summed E-state index contributed by atoms with van der Waals surface area (Å²) in [5, 5.41) is 4.25. The van der Waals surface area contributed by atoms with Gasteiger partial charge in [-0.05, 0) is 0 Å². The molecule has 0 aromatic carbocycles. The zero-order valence-corrected chi connectivity index (χ0v) is 9.62. The molecule has 0 N–H and O–H groups in total. The van der Waals surface area contributed by atoms with Crippen LogP contribution in [0.4, 0.5) is 0 Å². The maximum atomic E-state index is 4.25. The van der Waals surface area contributed by atoms with Gasteiger partial charge in [-0.2, -0.15) is 7.05 Å². The normalized spacial score (nSPS) is 17.2. The van der Waals surface area contributed by atoms with Crippen molar-refractivity contribution in [2.45, 2.75) is 38.1 Å². The minimum absolute atomic E-state index is 0. The first-order chi connectivity index (χ1) is 3.93. The van der Waals surface area contributed by atoms with E-state index in [0.717, 1.165) is 0 Å². The molecule has 0 saturated heterocycles. The predicted molar refractivity (Wildman–Crippen MR) is 49.0 cm³/mol. The molecule has 65 valence electrons. The van der Waals surface area contributed by atoms with Crippen molar-refractivity contribution in [1.82, 2.24) is 0 Å². The largest absolute Gasteiger partial charge is 3.00 e. The zero-order chi connectivity index (χ0) is 5.82. The van der Waals surface area contributed by atoms with Gasteiger partial charge in [0.05, 0.1) is 0 Å². The summed E-state index contributed by atoms with van der Waals surface area (Å²) < 4.78 is 0. The van der Waals surface area contributed by atoms with E-state index >= 15 is 0 Å². The van der Waals surface area contributed by atoms with Gasteiger partial charge in [0.2, 0.25) is 0 Å². The van der Waals surface area contributed by atoms with E-state index < -0.39 is 0 Å². The maximum Gasteiger partial charge on any atom is 3.00 e. The molecule has 1 rings (SSSR count). The van der Waals surface area contributed by atoms with Crippen molar-refractivity contribution < 1.29 is 21.7 Å². The van der Waals surface area contributed by atoms with E-state index in [0.29, 0.717) is 6.04 Å². The van der Waals surface area contributed by atoms with E-state index in [1.807, 2.05) is 7.05 Å². The molecule has 0 atom stereocenters. The standard InChI is InChI=1S/C7H14N.2CH3.Ti/c1-8-7-5-3-2-4-6-7;;;/h7H,2-6H2,1H3;2*1H3;/q3*-1;+3. The average Bonchev–Trinajstić information content (AvgIpc) is 1.90. The average molecular weight is 190 g/mol. The molecule has 0 heterocycles. The molecule has 0 amide bonds. The molecule has 1 fully saturated rings. The molecule has 0 bridgehead atoms. The van der Waals surface area contributed by atoms with Crippen LogP contribution in [0, 0.1) is 14.9 Å². The van der Waals surface area contributed by atoms with Gasteiger partial charge in [-0.1, -0.05) is 32.1 Å². The Kier molecular flexibility index (Phi) is 17.2. The van der Waals surface area contributed by atoms with E-state index in [4.69, 9.17) is 0 Å². The first-order valence-electron chi connectivity index (χ1n) is 3.52. The first kappa shape index (κ1) is 17.7. The van der Waals surface area contributed by atoms with Gasteiger partial charge in [-0.3, -0.25) is 0 Å². The van der Waals surface area contributed by atoms with Crippen molar-refractivity contribution in [2.75, 3.05) is 7.05 Å². The summed E-state index contributed by atoms with van der Waals surface area (Å²) in [5.41, 5.74) is 0. The second-order valence-corrected chi connectivity index (χ2v) is 2.55. The molecular formula is C9H20NTi. The Morgan fingerprint density at radius 3 is 1.73 bits per heavy atom. The number of rotatable bonds is 1. The number of hydrogen-bond acceptors (Lipinski definition) is 0. The van der Waals surface area contributed by atoms with Gasteiger partial charge in [-0.25, -0.2) is 0 Å². The maximum absolute atomic E-state index is 4.25. The van der Waals surface area contributed by atoms with Crippen molar-refractivity contribution in [3.8, 4) is 0 Å². The van der Waals surface area contributed by atoms with Gasteiger partial charge < -0.3 is 20.2 Å². The first-order valence-corrected chi connectivity index (χ1v) is 3.52. The van der Waals surface area contributed by atoms with Crippen molar-refractivity contribution >= 4 is 0 Å². The monoisotopic (exact) mass is 190 g/mol. The summed E-state index contributed by atoms with van der Waals surface area (Å²) in [6.45, 7) is 0. The molecule has 0 aliphatic heterocycles. The van der Waals surface area contributed by atoms with Crippen LogP contribution in [0.2, 0.25) is 0 Å². The summed E-state index contributed by atoms with van der Waals surface area (Å²) in [7, 11) is 1.94. The summed E-state index contributed by atoms with van der Waals surface area (Å²) in [6.07, 6.45) is 6.93. The third kappa shape index (κ3) is 7.05. The SMILES string of the molecule is C[N-]C1CCCCC1.[CH3-].[CH3-].[Ti+3].